The van der Waals surface area contributed by atoms with Gasteiger partial charge in [0.05, 0.1) is 20.6 Å². The number of carbonyl (C=O) groups excluding carboxylic acids is 2. The molecule has 39 heavy (non-hydrogen) atoms. The fraction of sp³-hybridized carbons (Fsp3) is 0.310. The van der Waals surface area contributed by atoms with Gasteiger partial charge >= 0.3 is 0 Å². The van der Waals surface area contributed by atoms with Gasteiger partial charge in [-0.1, -0.05) is 85.1 Å². The average Bonchev–Trinajstić information content (AvgIpc) is 2.94. The predicted octanol–water partition coefficient (Wildman–Crippen LogP) is 5.56. The molecule has 0 saturated heterocycles. The number of hydrogen-bond acceptors (Lipinski definition) is 4. The summed E-state index contributed by atoms with van der Waals surface area (Å²) in [6.45, 7) is 3.87. The van der Waals surface area contributed by atoms with Crippen molar-refractivity contribution in [1.82, 2.24) is 10.2 Å². The van der Waals surface area contributed by atoms with E-state index in [4.69, 9.17) is 23.2 Å². The number of nitrogens with zero attached hydrogens (tertiary/aromatic N) is 2. The SMILES string of the molecule is CCCCNC(=O)[C@H](C)N(CCc1ccccc1)C(=O)CN(c1ccc(Cl)c(Cl)c1)S(=O)(=O)c1ccccc1. The van der Waals surface area contributed by atoms with Gasteiger partial charge in [0, 0.05) is 13.1 Å². The molecule has 0 aromatic heterocycles. The summed E-state index contributed by atoms with van der Waals surface area (Å²) in [6.07, 6.45) is 2.23. The van der Waals surface area contributed by atoms with Crippen LogP contribution in [0.4, 0.5) is 5.69 Å². The number of halogens is 2. The van der Waals surface area contributed by atoms with Crippen molar-refractivity contribution in [3.05, 3.63) is 94.5 Å². The molecule has 0 spiro atoms. The summed E-state index contributed by atoms with van der Waals surface area (Å²) in [5.41, 5.74) is 1.18. The van der Waals surface area contributed by atoms with Crippen LogP contribution in [0.3, 0.4) is 0 Å². The zero-order valence-corrected chi connectivity index (χ0v) is 24.3. The first-order valence-electron chi connectivity index (χ1n) is 12.8. The van der Waals surface area contributed by atoms with E-state index >= 15 is 0 Å². The minimum absolute atomic E-state index is 0.0186. The van der Waals surface area contributed by atoms with Crippen molar-refractivity contribution < 1.29 is 18.0 Å². The molecule has 10 heteroatoms. The lowest BCUT2D eigenvalue weighted by Gasteiger charge is -2.32. The molecule has 0 saturated carbocycles. The number of nitrogens with one attached hydrogen (secondary N) is 1. The Labute approximate surface area is 240 Å². The second-order valence-corrected chi connectivity index (χ2v) is 11.7. The molecule has 0 fully saturated rings. The molecule has 3 aromatic carbocycles. The predicted molar refractivity (Wildman–Crippen MR) is 157 cm³/mol. The summed E-state index contributed by atoms with van der Waals surface area (Å²) in [6, 6.07) is 21.0. The highest BCUT2D eigenvalue weighted by molar-refractivity contribution is 7.92. The normalized spacial score (nSPS) is 12.0. The van der Waals surface area contributed by atoms with E-state index in [0.29, 0.717) is 13.0 Å². The van der Waals surface area contributed by atoms with Crippen molar-refractivity contribution in [3.8, 4) is 0 Å². The smallest absolute Gasteiger partial charge is 0.264 e. The number of amides is 2. The first-order chi connectivity index (χ1) is 18.6. The molecule has 2 amide bonds. The lowest BCUT2D eigenvalue weighted by molar-refractivity contribution is -0.138. The molecule has 1 atom stereocenters. The number of sulfonamides is 1. The van der Waals surface area contributed by atoms with Crippen LogP contribution in [-0.4, -0.2) is 50.8 Å². The van der Waals surface area contributed by atoms with Crippen LogP contribution in [0.15, 0.2) is 83.8 Å². The van der Waals surface area contributed by atoms with E-state index in [9.17, 15) is 18.0 Å². The Bertz CT molecular complexity index is 1360. The molecular formula is C29H33Cl2N3O4S. The van der Waals surface area contributed by atoms with Gasteiger partial charge in [-0.05, 0) is 55.7 Å². The van der Waals surface area contributed by atoms with Crippen molar-refractivity contribution >= 4 is 50.7 Å². The van der Waals surface area contributed by atoms with E-state index in [1.807, 2.05) is 37.3 Å². The minimum atomic E-state index is -4.16. The van der Waals surface area contributed by atoms with Crippen LogP contribution in [0.2, 0.25) is 10.0 Å². The molecule has 0 unspecified atom stereocenters. The fourth-order valence-corrected chi connectivity index (χ4v) is 5.71. The van der Waals surface area contributed by atoms with Gasteiger partial charge in [0.25, 0.3) is 10.0 Å². The van der Waals surface area contributed by atoms with Gasteiger partial charge in [-0.3, -0.25) is 13.9 Å². The van der Waals surface area contributed by atoms with Gasteiger partial charge in [0.1, 0.15) is 12.6 Å². The average molecular weight is 591 g/mol. The van der Waals surface area contributed by atoms with E-state index in [1.54, 1.807) is 25.1 Å². The molecule has 3 rings (SSSR count). The van der Waals surface area contributed by atoms with Gasteiger partial charge in [-0.2, -0.15) is 0 Å². The standard InChI is InChI=1S/C29H33Cl2N3O4S/c1-3-4-18-32-29(36)22(2)33(19-17-23-11-7-5-8-12-23)28(35)21-34(24-15-16-26(30)27(31)20-24)39(37,38)25-13-9-6-10-14-25/h5-16,20,22H,3-4,17-19,21H2,1-2H3,(H,32,36)/t22-/m0/s1. The summed E-state index contributed by atoms with van der Waals surface area (Å²) in [5, 5.41) is 3.28. The van der Waals surface area contributed by atoms with Crippen molar-refractivity contribution in [3.63, 3.8) is 0 Å². The highest BCUT2D eigenvalue weighted by atomic mass is 35.5. The maximum absolute atomic E-state index is 13.8. The summed E-state index contributed by atoms with van der Waals surface area (Å²) in [7, 11) is -4.16. The summed E-state index contributed by atoms with van der Waals surface area (Å²) in [5.74, 6) is -0.813. The molecular weight excluding hydrogens is 557 g/mol. The third kappa shape index (κ3) is 8.21. The Kier molecular flexibility index (Phi) is 11.2. The molecule has 0 radical (unpaired) electrons. The second-order valence-electron chi connectivity index (χ2n) is 9.07. The van der Waals surface area contributed by atoms with Crippen molar-refractivity contribution in [1.29, 1.82) is 0 Å². The van der Waals surface area contributed by atoms with Crippen molar-refractivity contribution in [2.75, 3.05) is 23.9 Å². The second kappa shape index (κ2) is 14.4. The number of hydrogen-bond donors (Lipinski definition) is 1. The Morgan fingerprint density at radius 1 is 0.923 bits per heavy atom. The fourth-order valence-electron chi connectivity index (χ4n) is 3.99. The van der Waals surface area contributed by atoms with Gasteiger partial charge < -0.3 is 10.2 Å². The summed E-state index contributed by atoms with van der Waals surface area (Å²) < 4.78 is 28.5. The van der Waals surface area contributed by atoms with Crippen LogP contribution in [0.1, 0.15) is 32.3 Å². The molecule has 0 bridgehead atoms. The Hall–Kier alpha value is -3.07. The van der Waals surface area contributed by atoms with E-state index in [2.05, 4.69) is 5.32 Å². The zero-order chi connectivity index (χ0) is 28.4. The third-order valence-corrected chi connectivity index (χ3v) is 8.81. The van der Waals surface area contributed by atoms with E-state index in [0.717, 1.165) is 22.7 Å². The Morgan fingerprint density at radius 2 is 1.56 bits per heavy atom. The minimum Gasteiger partial charge on any atom is -0.354 e. The topological polar surface area (TPSA) is 86.8 Å². The van der Waals surface area contributed by atoms with E-state index in [1.165, 1.54) is 35.2 Å². The number of rotatable bonds is 13. The third-order valence-electron chi connectivity index (χ3n) is 6.28. The van der Waals surface area contributed by atoms with Crippen molar-refractivity contribution in [2.24, 2.45) is 0 Å². The number of benzene rings is 3. The lowest BCUT2D eigenvalue weighted by atomic mass is 10.1. The van der Waals surface area contributed by atoms with Gasteiger partial charge in [-0.15, -0.1) is 0 Å². The molecule has 0 heterocycles. The van der Waals surface area contributed by atoms with Crippen LogP contribution in [0.25, 0.3) is 0 Å². The number of anilines is 1. The van der Waals surface area contributed by atoms with Crippen LogP contribution < -0.4 is 9.62 Å². The van der Waals surface area contributed by atoms with E-state index in [-0.39, 0.29) is 33.1 Å². The van der Waals surface area contributed by atoms with Crippen molar-refractivity contribution in [2.45, 2.75) is 44.0 Å². The quantitative estimate of drug-likeness (QED) is 0.264. The largest absolute Gasteiger partial charge is 0.354 e. The van der Waals surface area contributed by atoms with Crippen LogP contribution in [0.5, 0.6) is 0 Å². The summed E-state index contributed by atoms with van der Waals surface area (Å²) in [4.78, 5) is 28.2. The zero-order valence-electron chi connectivity index (χ0n) is 22.0. The van der Waals surface area contributed by atoms with Crippen LogP contribution in [0, 0.1) is 0 Å². The van der Waals surface area contributed by atoms with E-state index < -0.39 is 28.5 Å². The molecule has 0 aliphatic rings. The molecule has 7 nitrogen and oxygen atoms in total. The monoisotopic (exact) mass is 589 g/mol. The molecule has 3 aromatic rings. The van der Waals surface area contributed by atoms with Gasteiger partial charge in [0.2, 0.25) is 11.8 Å². The molecule has 0 aliphatic heterocycles. The van der Waals surface area contributed by atoms with Gasteiger partial charge in [-0.25, -0.2) is 8.42 Å². The Morgan fingerprint density at radius 3 is 2.18 bits per heavy atom. The highest BCUT2D eigenvalue weighted by Crippen LogP contribution is 2.30. The molecule has 208 valence electrons. The molecule has 1 N–H and O–H groups in total. The lowest BCUT2D eigenvalue weighted by Crippen LogP contribution is -2.52. The Balaban J connectivity index is 1.96. The first-order valence-corrected chi connectivity index (χ1v) is 15.0. The first kappa shape index (κ1) is 30.5. The maximum Gasteiger partial charge on any atom is 0.264 e. The van der Waals surface area contributed by atoms with Crippen LogP contribution in [-0.2, 0) is 26.0 Å². The van der Waals surface area contributed by atoms with Gasteiger partial charge in [0.15, 0.2) is 0 Å². The van der Waals surface area contributed by atoms with Crippen LogP contribution >= 0.6 is 23.2 Å². The summed E-state index contributed by atoms with van der Waals surface area (Å²) >= 11 is 12.3. The molecule has 0 aliphatic carbocycles. The number of unbranched alkanes of at least 4 members (excludes halogenated alkanes) is 1. The number of carbonyl (C=O) groups is 2. The highest BCUT2D eigenvalue weighted by Gasteiger charge is 2.32. The maximum atomic E-state index is 13.8.